The van der Waals surface area contributed by atoms with Crippen molar-refractivity contribution in [2.45, 2.75) is 19.8 Å². The summed E-state index contributed by atoms with van der Waals surface area (Å²) < 4.78 is 5.02. The summed E-state index contributed by atoms with van der Waals surface area (Å²) in [6.07, 6.45) is 1.91. The van der Waals surface area contributed by atoms with Gasteiger partial charge in [0.2, 0.25) is 0 Å². The molecule has 11 heavy (non-hydrogen) atoms. The standard InChI is InChI=1S/C8H15NO2/c1-2-11-5-7(10)8(6-9)3-4-8/h2-6,9H2,1H3. The van der Waals surface area contributed by atoms with E-state index in [1.54, 1.807) is 0 Å². The van der Waals surface area contributed by atoms with E-state index < -0.39 is 0 Å². The predicted molar refractivity (Wildman–Crippen MR) is 42.2 cm³/mol. The molecule has 0 heterocycles. The fraction of sp³-hybridized carbons (Fsp3) is 0.875. The summed E-state index contributed by atoms with van der Waals surface area (Å²) in [7, 11) is 0. The molecule has 0 saturated heterocycles. The Labute approximate surface area is 66.9 Å². The smallest absolute Gasteiger partial charge is 0.165 e. The third-order valence-corrected chi connectivity index (χ3v) is 2.27. The van der Waals surface area contributed by atoms with E-state index in [4.69, 9.17) is 10.5 Å². The summed E-state index contributed by atoms with van der Waals surface area (Å²) in [5, 5.41) is 0. The largest absolute Gasteiger partial charge is 0.374 e. The van der Waals surface area contributed by atoms with E-state index in [9.17, 15) is 4.79 Å². The summed E-state index contributed by atoms with van der Waals surface area (Å²) in [6, 6.07) is 0. The van der Waals surface area contributed by atoms with Crippen LogP contribution in [0.3, 0.4) is 0 Å². The summed E-state index contributed by atoms with van der Waals surface area (Å²) in [5.74, 6) is 0.182. The molecular formula is C8H15NO2. The maximum atomic E-state index is 11.3. The quantitative estimate of drug-likeness (QED) is 0.625. The Kier molecular flexibility index (Phi) is 2.62. The van der Waals surface area contributed by atoms with Crippen molar-refractivity contribution in [2.24, 2.45) is 11.1 Å². The van der Waals surface area contributed by atoms with Crippen LogP contribution in [-0.4, -0.2) is 25.5 Å². The zero-order valence-corrected chi connectivity index (χ0v) is 6.93. The van der Waals surface area contributed by atoms with Gasteiger partial charge in [0.25, 0.3) is 0 Å². The van der Waals surface area contributed by atoms with Gasteiger partial charge in [0, 0.05) is 18.6 Å². The molecule has 2 N–H and O–H groups in total. The number of nitrogens with two attached hydrogens (primary N) is 1. The number of hydrogen-bond acceptors (Lipinski definition) is 3. The molecule has 0 radical (unpaired) electrons. The van der Waals surface area contributed by atoms with Crippen LogP contribution in [0, 0.1) is 5.41 Å². The number of ether oxygens (including phenoxy) is 1. The number of carbonyl (C=O) groups excluding carboxylic acids is 1. The molecule has 64 valence electrons. The van der Waals surface area contributed by atoms with Crippen molar-refractivity contribution in [2.75, 3.05) is 19.8 Å². The summed E-state index contributed by atoms with van der Waals surface area (Å²) in [4.78, 5) is 11.3. The first-order valence-electron chi connectivity index (χ1n) is 4.06. The highest BCUT2D eigenvalue weighted by molar-refractivity contribution is 5.88. The molecule has 0 aromatic rings. The van der Waals surface area contributed by atoms with Gasteiger partial charge in [-0.2, -0.15) is 0 Å². The maximum Gasteiger partial charge on any atom is 0.165 e. The second-order valence-corrected chi connectivity index (χ2v) is 3.04. The second kappa shape index (κ2) is 3.32. The van der Waals surface area contributed by atoms with Crippen LogP contribution >= 0.6 is 0 Å². The van der Waals surface area contributed by atoms with Crippen LogP contribution < -0.4 is 5.73 Å². The molecule has 0 amide bonds. The highest BCUT2D eigenvalue weighted by Gasteiger charge is 2.47. The van der Waals surface area contributed by atoms with Gasteiger partial charge in [-0.25, -0.2) is 0 Å². The van der Waals surface area contributed by atoms with Gasteiger partial charge in [-0.1, -0.05) is 0 Å². The molecule has 1 aliphatic carbocycles. The first-order chi connectivity index (χ1) is 5.25. The summed E-state index contributed by atoms with van der Waals surface area (Å²) in [5.41, 5.74) is 5.28. The Bertz CT molecular complexity index is 152. The van der Waals surface area contributed by atoms with Crippen LogP contribution in [0.25, 0.3) is 0 Å². The lowest BCUT2D eigenvalue weighted by Crippen LogP contribution is -2.28. The lowest BCUT2D eigenvalue weighted by atomic mass is 10.0. The number of ketones is 1. The predicted octanol–water partition coefficient (Wildman–Crippen LogP) is 0.331. The summed E-state index contributed by atoms with van der Waals surface area (Å²) >= 11 is 0. The molecular weight excluding hydrogens is 142 g/mol. The van der Waals surface area contributed by atoms with Crippen LogP contribution in [0.4, 0.5) is 0 Å². The van der Waals surface area contributed by atoms with Gasteiger partial charge in [0.1, 0.15) is 6.61 Å². The molecule has 0 bridgehead atoms. The van der Waals surface area contributed by atoms with E-state index >= 15 is 0 Å². The molecule has 1 saturated carbocycles. The van der Waals surface area contributed by atoms with Crippen molar-refractivity contribution in [1.29, 1.82) is 0 Å². The second-order valence-electron chi connectivity index (χ2n) is 3.04. The Morgan fingerprint density at radius 2 is 2.27 bits per heavy atom. The Balaban J connectivity index is 2.29. The third-order valence-electron chi connectivity index (χ3n) is 2.27. The van der Waals surface area contributed by atoms with Gasteiger partial charge < -0.3 is 10.5 Å². The van der Waals surface area contributed by atoms with Gasteiger partial charge in [-0.15, -0.1) is 0 Å². The van der Waals surface area contributed by atoms with E-state index in [2.05, 4.69) is 0 Å². The fourth-order valence-corrected chi connectivity index (χ4v) is 1.10. The average molecular weight is 157 g/mol. The van der Waals surface area contributed by atoms with Crippen molar-refractivity contribution in [3.8, 4) is 0 Å². The van der Waals surface area contributed by atoms with E-state index in [1.165, 1.54) is 0 Å². The SMILES string of the molecule is CCOCC(=O)C1(CN)CC1. The molecule has 3 heteroatoms. The van der Waals surface area contributed by atoms with Gasteiger partial charge in [-0.05, 0) is 19.8 Å². The summed E-state index contributed by atoms with van der Waals surface area (Å²) in [6.45, 7) is 3.22. The van der Waals surface area contributed by atoms with Crippen LogP contribution in [0.2, 0.25) is 0 Å². The van der Waals surface area contributed by atoms with Crippen molar-refractivity contribution in [1.82, 2.24) is 0 Å². The monoisotopic (exact) mass is 157 g/mol. The maximum absolute atomic E-state index is 11.3. The molecule has 0 aromatic heterocycles. The van der Waals surface area contributed by atoms with E-state index in [1.807, 2.05) is 6.92 Å². The third kappa shape index (κ3) is 1.79. The van der Waals surface area contributed by atoms with Gasteiger partial charge in [0.05, 0.1) is 0 Å². The minimum absolute atomic E-state index is 0.182. The minimum Gasteiger partial charge on any atom is -0.374 e. The Hall–Kier alpha value is -0.410. The first kappa shape index (κ1) is 8.68. The molecule has 0 aromatic carbocycles. The van der Waals surface area contributed by atoms with E-state index in [-0.39, 0.29) is 17.8 Å². The van der Waals surface area contributed by atoms with Crippen LogP contribution in [0.5, 0.6) is 0 Å². The fourth-order valence-electron chi connectivity index (χ4n) is 1.10. The van der Waals surface area contributed by atoms with Gasteiger partial charge in [0.15, 0.2) is 5.78 Å². The van der Waals surface area contributed by atoms with Crippen molar-refractivity contribution in [3.05, 3.63) is 0 Å². The highest BCUT2D eigenvalue weighted by Crippen LogP contribution is 2.45. The molecule has 1 rings (SSSR count). The average Bonchev–Trinajstić information content (AvgIpc) is 2.80. The van der Waals surface area contributed by atoms with Crippen molar-refractivity contribution >= 4 is 5.78 Å². The molecule has 1 aliphatic rings. The number of hydrogen-bond donors (Lipinski definition) is 1. The van der Waals surface area contributed by atoms with Gasteiger partial charge >= 0.3 is 0 Å². The number of rotatable bonds is 5. The van der Waals surface area contributed by atoms with Crippen LogP contribution in [0.1, 0.15) is 19.8 Å². The zero-order chi connectivity index (χ0) is 8.32. The lowest BCUT2D eigenvalue weighted by Gasteiger charge is -2.09. The van der Waals surface area contributed by atoms with Crippen molar-refractivity contribution < 1.29 is 9.53 Å². The molecule has 1 fully saturated rings. The lowest BCUT2D eigenvalue weighted by molar-refractivity contribution is -0.128. The molecule has 0 aliphatic heterocycles. The van der Waals surface area contributed by atoms with Crippen LogP contribution in [0.15, 0.2) is 0 Å². The molecule has 0 atom stereocenters. The van der Waals surface area contributed by atoms with Gasteiger partial charge in [-0.3, -0.25) is 4.79 Å². The first-order valence-corrected chi connectivity index (χ1v) is 4.06. The normalized spacial score (nSPS) is 19.8. The van der Waals surface area contributed by atoms with E-state index in [0.29, 0.717) is 13.2 Å². The molecule has 3 nitrogen and oxygen atoms in total. The number of carbonyl (C=O) groups is 1. The minimum atomic E-state index is -0.185. The molecule has 0 unspecified atom stereocenters. The van der Waals surface area contributed by atoms with Crippen molar-refractivity contribution in [3.63, 3.8) is 0 Å². The Morgan fingerprint density at radius 3 is 2.64 bits per heavy atom. The Morgan fingerprint density at radius 1 is 1.64 bits per heavy atom. The van der Waals surface area contributed by atoms with E-state index in [0.717, 1.165) is 12.8 Å². The zero-order valence-electron chi connectivity index (χ0n) is 6.93. The molecule has 0 spiro atoms. The highest BCUT2D eigenvalue weighted by atomic mass is 16.5. The van der Waals surface area contributed by atoms with Crippen LogP contribution in [-0.2, 0) is 9.53 Å². The number of Topliss-reactive ketones (excluding diaryl/α,β-unsaturated/α-hetero) is 1. The topological polar surface area (TPSA) is 52.3 Å².